The van der Waals surface area contributed by atoms with Gasteiger partial charge in [0.2, 0.25) is 0 Å². The minimum Gasteiger partial charge on any atom is -0.276 e. The zero-order valence-electron chi connectivity index (χ0n) is 5.94. The molecule has 0 unspecified atom stereocenters. The molecule has 3 heteroatoms. The number of hydrogen-bond donors (Lipinski definition) is 0. The molecular formula is C8H7N3. The quantitative estimate of drug-likeness (QED) is 0.461. The second-order valence-corrected chi connectivity index (χ2v) is 1.88. The molecule has 0 aliphatic rings. The fraction of sp³-hybridized carbons (Fsp3) is 0.125. The zero-order chi connectivity index (χ0) is 7.94. The molecular weight excluding hydrogens is 138 g/mol. The van der Waals surface area contributed by atoms with Gasteiger partial charge < -0.3 is 0 Å². The first-order chi connectivity index (χ1) is 5.43. The molecule has 0 bridgehead atoms. The van der Waals surface area contributed by atoms with Crippen LogP contribution >= 0.6 is 0 Å². The fourth-order valence-electron chi connectivity index (χ4n) is 0.632. The summed E-state index contributed by atoms with van der Waals surface area (Å²) in [5.41, 5.74) is 0.780. The van der Waals surface area contributed by atoms with E-state index in [0.717, 1.165) is 5.69 Å². The summed E-state index contributed by atoms with van der Waals surface area (Å²) in [6.07, 6.45) is 3.27. The Labute approximate surface area is 65.0 Å². The number of rotatable bonds is 2. The maximum Gasteiger partial charge on any atom is 0.126 e. The van der Waals surface area contributed by atoms with Gasteiger partial charge in [0.05, 0.1) is 11.8 Å². The van der Waals surface area contributed by atoms with Crippen molar-refractivity contribution in [3.63, 3.8) is 0 Å². The molecule has 1 aromatic heterocycles. The van der Waals surface area contributed by atoms with E-state index in [9.17, 15) is 0 Å². The summed E-state index contributed by atoms with van der Waals surface area (Å²) in [6.45, 7) is 0.191. The lowest BCUT2D eigenvalue weighted by Gasteiger charge is -1.86. The topological polar surface area (TPSA) is 49.0 Å². The summed E-state index contributed by atoms with van der Waals surface area (Å²) in [5, 5.41) is 8.16. The SMILES string of the molecule is N#CCN=Cc1ccccn1. The van der Waals surface area contributed by atoms with Crippen molar-refractivity contribution in [2.75, 3.05) is 6.54 Å². The van der Waals surface area contributed by atoms with Crippen LogP contribution in [0.15, 0.2) is 29.4 Å². The van der Waals surface area contributed by atoms with Crippen molar-refractivity contribution in [2.24, 2.45) is 4.99 Å². The van der Waals surface area contributed by atoms with Crippen molar-refractivity contribution < 1.29 is 0 Å². The van der Waals surface area contributed by atoms with E-state index in [1.807, 2.05) is 24.3 Å². The number of nitrogens with zero attached hydrogens (tertiary/aromatic N) is 3. The predicted octanol–water partition coefficient (Wildman–Crippen LogP) is 1.02. The lowest BCUT2D eigenvalue weighted by Crippen LogP contribution is -1.85. The largest absolute Gasteiger partial charge is 0.276 e. The molecule has 3 nitrogen and oxygen atoms in total. The maximum absolute atomic E-state index is 8.16. The van der Waals surface area contributed by atoms with E-state index in [1.54, 1.807) is 12.4 Å². The Hall–Kier alpha value is -1.69. The third kappa shape index (κ3) is 2.59. The van der Waals surface area contributed by atoms with Gasteiger partial charge in [-0.15, -0.1) is 0 Å². The highest BCUT2D eigenvalue weighted by molar-refractivity contribution is 5.76. The van der Waals surface area contributed by atoms with Crippen LogP contribution in [0.25, 0.3) is 0 Å². The van der Waals surface area contributed by atoms with Gasteiger partial charge in [-0.3, -0.25) is 9.98 Å². The number of nitriles is 1. The first kappa shape index (κ1) is 7.42. The number of hydrogen-bond acceptors (Lipinski definition) is 3. The minimum absolute atomic E-state index is 0.191. The molecule has 0 amide bonds. The maximum atomic E-state index is 8.16. The van der Waals surface area contributed by atoms with Crippen molar-refractivity contribution >= 4 is 6.21 Å². The number of aromatic nitrogens is 1. The van der Waals surface area contributed by atoms with E-state index in [0.29, 0.717) is 0 Å². The molecule has 0 saturated heterocycles. The first-order valence-electron chi connectivity index (χ1n) is 3.21. The molecule has 0 atom stereocenters. The normalized spacial score (nSPS) is 9.73. The van der Waals surface area contributed by atoms with Crippen molar-refractivity contribution in [2.45, 2.75) is 0 Å². The Kier molecular flexibility index (Phi) is 2.82. The molecule has 0 aliphatic heterocycles. The summed E-state index contributed by atoms with van der Waals surface area (Å²) in [7, 11) is 0. The molecule has 1 heterocycles. The summed E-state index contributed by atoms with van der Waals surface area (Å²) < 4.78 is 0. The second-order valence-electron chi connectivity index (χ2n) is 1.88. The van der Waals surface area contributed by atoms with Crippen molar-refractivity contribution in [1.82, 2.24) is 4.98 Å². The van der Waals surface area contributed by atoms with Gasteiger partial charge in [0.1, 0.15) is 6.54 Å². The molecule has 1 rings (SSSR count). The average molecular weight is 145 g/mol. The third-order valence-corrected chi connectivity index (χ3v) is 1.07. The standard InChI is InChI=1S/C8H7N3/c9-4-6-10-7-8-3-1-2-5-11-8/h1-3,5,7H,6H2. The summed E-state index contributed by atoms with van der Waals surface area (Å²) >= 11 is 0. The van der Waals surface area contributed by atoms with E-state index < -0.39 is 0 Å². The Bertz CT molecular complexity index is 271. The van der Waals surface area contributed by atoms with Crippen LogP contribution in [0, 0.1) is 11.3 Å². The Morgan fingerprint density at radius 3 is 3.18 bits per heavy atom. The lowest BCUT2D eigenvalue weighted by molar-refractivity contribution is 1.23. The van der Waals surface area contributed by atoms with Crippen LogP contribution in [0.3, 0.4) is 0 Å². The van der Waals surface area contributed by atoms with Crippen molar-refractivity contribution in [3.05, 3.63) is 30.1 Å². The van der Waals surface area contributed by atoms with Gasteiger partial charge in [0, 0.05) is 12.4 Å². The zero-order valence-corrected chi connectivity index (χ0v) is 5.94. The molecule has 0 aromatic carbocycles. The van der Waals surface area contributed by atoms with Crippen molar-refractivity contribution in [3.8, 4) is 6.07 Å². The lowest BCUT2D eigenvalue weighted by atomic mass is 10.4. The van der Waals surface area contributed by atoms with Gasteiger partial charge in [0.25, 0.3) is 0 Å². The van der Waals surface area contributed by atoms with Crippen LogP contribution in [0.5, 0.6) is 0 Å². The van der Waals surface area contributed by atoms with Crippen LogP contribution in [0.1, 0.15) is 5.69 Å². The number of pyridine rings is 1. The van der Waals surface area contributed by atoms with Gasteiger partial charge in [-0.1, -0.05) is 6.07 Å². The fourth-order valence-corrected chi connectivity index (χ4v) is 0.632. The van der Waals surface area contributed by atoms with Gasteiger partial charge in [0.15, 0.2) is 0 Å². The molecule has 0 saturated carbocycles. The van der Waals surface area contributed by atoms with Gasteiger partial charge in [-0.05, 0) is 12.1 Å². The Balaban J connectivity index is 2.59. The Morgan fingerprint density at radius 2 is 2.55 bits per heavy atom. The molecule has 0 N–H and O–H groups in total. The third-order valence-electron chi connectivity index (χ3n) is 1.07. The highest BCUT2D eigenvalue weighted by atomic mass is 14.7. The van der Waals surface area contributed by atoms with Gasteiger partial charge in [-0.2, -0.15) is 5.26 Å². The van der Waals surface area contributed by atoms with E-state index >= 15 is 0 Å². The van der Waals surface area contributed by atoms with E-state index in [4.69, 9.17) is 5.26 Å². The summed E-state index contributed by atoms with van der Waals surface area (Å²) in [6, 6.07) is 7.46. The van der Waals surface area contributed by atoms with Crippen LogP contribution in [-0.2, 0) is 0 Å². The molecule has 11 heavy (non-hydrogen) atoms. The number of aliphatic imine (C=N–C) groups is 1. The van der Waals surface area contributed by atoms with E-state index in [2.05, 4.69) is 9.98 Å². The average Bonchev–Trinajstić information content (AvgIpc) is 2.07. The van der Waals surface area contributed by atoms with Crippen LogP contribution in [-0.4, -0.2) is 17.7 Å². The van der Waals surface area contributed by atoms with Crippen molar-refractivity contribution in [1.29, 1.82) is 5.26 Å². The molecule has 0 aliphatic carbocycles. The Morgan fingerprint density at radius 1 is 1.64 bits per heavy atom. The minimum atomic E-state index is 0.191. The van der Waals surface area contributed by atoms with Crippen LogP contribution in [0.2, 0.25) is 0 Å². The molecule has 0 fully saturated rings. The van der Waals surface area contributed by atoms with Gasteiger partial charge >= 0.3 is 0 Å². The molecule has 1 aromatic rings. The van der Waals surface area contributed by atoms with Crippen LogP contribution in [0.4, 0.5) is 0 Å². The molecule has 0 spiro atoms. The molecule has 0 radical (unpaired) electrons. The first-order valence-corrected chi connectivity index (χ1v) is 3.21. The second kappa shape index (κ2) is 4.18. The molecule has 54 valence electrons. The highest BCUT2D eigenvalue weighted by Crippen LogP contribution is 1.87. The van der Waals surface area contributed by atoms with E-state index in [1.165, 1.54) is 0 Å². The summed E-state index contributed by atoms with van der Waals surface area (Å²) in [4.78, 5) is 7.80. The summed E-state index contributed by atoms with van der Waals surface area (Å²) in [5.74, 6) is 0. The van der Waals surface area contributed by atoms with Crippen LogP contribution < -0.4 is 0 Å². The predicted molar refractivity (Wildman–Crippen MR) is 42.3 cm³/mol. The van der Waals surface area contributed by atoms with Gasteiger partial charge in [-0.25, -0.2) is 0 Å². The highest BCUT2D eigenvalue weighted by Gasteiger charge is 1.82. The smallest absolute Gasteiger partial charge is 0.126 e. The monoisotopic (exact) mass is 145 g/mol. The van der Waals surface area contributed by atoms with E-state index in [-0.39, 0.29) is 6.54 Å².